The van der Waals surface area contributed by atoms with Crippen molar-refractivity contribution in [2.24, 2.45) is 29.1 Å². The smallest absolute Gasteiger partial charge is 0.254 e. The van der Waals surface area contributed by atoms with Gasteiger partial charge in [0.05, 0.1) is 17.7 Å². The number of hydrogen-bond acceptors (Lipinski definition) is 6. The van der Waals surface area contributed by atoms with Crippen LogP contribution in [-0.2, 0) is 14.4 Å². The zero-order chi connectivity index (χ0) is 38.7. The molecule has 1 spiro atoms. The quantitative estimate of drug-likeness (QED) is 0.107. The highest BCUT2D eigenvalue weighted by molar-refractivity contribution is 6.10. The third-order valence-corrected chi connectivity index (χ3v) is 12.3. The minimum Gasteiger partial charge on any atom is -0.391 e. The lowest BCUT2D eigenvalue weighted by molar-refractivity contribution is -0.145. The van der Waals surface area contributed by atoms with Gasteiger partial charge in [0.1, 0.15) is 11.5 Å². The molecular weight excluding hydrogens is 679 g/mol. The van der Waals surface area contributed by atoms with Gasteiger partial charge in [0.25, 0.3) is 5.91 Å². The number of allylic oxidation sites excluding steroid dienone is 4. The van der Waals surface area contributed by atoms with Crippen molar-refractivity contribution < 1.29 is 24.3 Å². The number of aromatic nitrogens is 1. The van der Waals surface area contributed by atoms with Crippen LogP contribution in [0.5, 0.6) is 0 Å². The molecule has 1 aromatic heterocycles. The summed E-state index contributed by atoms with van der Waals surface area (Å²) < 4.78 is 0. The second kappa shape index (κ2) is 16.2. The number of aliphatic hydroxyl groups excluding tert-OH is 1. The van der Waals surface area contributed by atoms with Crippen LogP contribution in [0.3, 0.4) is 0 Å². The van der Waals surface area contributed by atoms with Gasteiger partial charge in [-0.3, -0.25) is 19.2 Å². The van der Waals surface area contributed by atoms with Crippen LogP contribution in [-0.4, -0.2) is 57.8 Å². The predicted octanol–water partition coefficient (Wildman–Crippen LogP) is 6.66. The number of anilines is 1. The topological polar surface area (TPSA) is 152 Å². The molecule has 2 heterocycles. The average molecular weight is 734 g/mol. The van der Waals surface area contributed by atoms with Crippen molar-refractivity contribution in [3.8, 4) is 0 Å². The van der Waals surface area contributed by atoms with E-state index < -0.39 is 41.3 Å². The zero-order valence-corrected chi connectivity index (χ0v) is 32.2. The summed E-state index contributed by atoms with van der Waals surface area (Å²) in [6, 6.07) is 13.0. The van der Waals surface area contributed by atoms with Crippen molar-refractivity contribution >= 4 is 46.2 Å². The fourth-order valence-corrected chi connectivity index (χ4v) is 8.90. The number of benzene rings is 2. The number of carbonyl (C=O) groups excluding carboxylic acids is 4. The highest BCUT2D eigenvalue weighted by atomic mass is 16.3. The Morgan fingerprint density at radius 1 is 1.06 bits per heavy atom. The molecule has 2 aliphatic carbocycles. The molecule has 9 atom stereocenters. The summed E-state index contributed by atoms with van der Waals surface area (Å²) in [7, 11) is 0. The summed E-state index contributed by atoms with van der Waals surface area (Å²) in [6.07, 6.45) is 11.2. The molecule has 0 radical (unpaired) electrons. The van der Waals surface area contributed by atoms with E-state index in [1.165, 1.54) is 5.57 Å². The lowest BCUT2D eigenvalue weighted by atomic mass is 9.54. The number of fused-ring (bicyclic) bond motifs is 1. The van der Waals surface area contributed by atoms with Crippen LogP contribution in [0.2, 0.25) is 0 Å². The number of hydrogen-bond donors (Lipinski definition) is 6. The Labute approximate surface area is 318 Å². The molecule has 1 fully saturated rings. The molecule has 0 bridgehead atoms. The number of Topliss-reactive ketones (excluding diaryl/α,β-unsaturated/α-hetero) is 1. The largest absolute Gasteiger partial charge is 0.391 e. The Hall–Kier alpha value is -4.96. The summed E-state index contributed by atoms with van der Waals surface area (Å²) in [4.78, 5) is 59.3. The highest BCUT2D eigenvalue weighted by Gasteiger charge is 2.66. The zero-order valence-electron chi connectivity index (χ0n) is 32.2. The molecule has 10 nitrogen and oxygen atoms in total. The highest BCUT2D eigenvalue weighted by Crippen LogP contribution is 2.56. The molecule has 10 heteroatoms. The maximum Gasteiger partial charge on any atom is 0.254 e. The molecule has 9 unspecified atom stereocenters. The van der Waals surface area contributed by atoms with Gasteiger partial charge in [-0.2, -0.15) is 0 Å². The molecule has 54 heavy (non-hydrogen) atoms. The van der Waals surface area contributed by atoms with Gasteiger partial charge in [0, 0.05) is 58.8 Å². The second-order valence-electron chi connectivity index (χ2n) is 15.7. The Balaban J connectivity index is 1.23. The molecule has 3 amide bonds. The standard InChI is InChI=1S/C44H55N5O5/c1-7-26(3)40-39-28(5)27(4)22-31-21-25(2)13-12-18-37(50)36(23-38(51)44(31,39)43(54)49-40)48-35-17-11-9-15-33(35)42(53)47-29(6)41(52)45-20-19-30-24-46-34-16-10-8-14-32(30)34/h8-11,14-17,19-22,24,26,28-29,31,36-37,39-40,46,48,50H,7,12-13,18,23H2,1-6H3,(H,45,52)(H,47,53)(H,49,54). The molecule has 0 saturated carbocycles. The maximum absolute atomic E-state index is 15.0. The number of H-pyrrole nitrogens is 1. The van der Waals surface area contributed by atoms with E-state index in [-0.39, 0.29) is 47.5 Å². The number of aliphatic hydroxyl groups is 1. The van der Waals surface area contributed by atoms with Crippen LogP contribution in [0.25, 0.3) is 17.0 Å². The van der Waals surface area contributed by atoms with E-state index in [4.69, 9.17) is 0 Å². The van der Waals surface area contributed by atoms with E-state index in [0.717, 1.165) is 34.9 Å². The number of carbonyl (C=O) groups is 4. The molecule has 6 N–H and O–H groups in total. The van der Waals surface area contributed by atoms with Gasteiger partial charge in [-0.1, -0.05) is 80.8 Å². The predicted molar refractivity (Wildman–Crippen MR) is 213 cm³/mol. The molecule has 6 rings (SSSR count). The Kier molecular flexibility index (Phi) is 11.6. The van der Waals surface area contributed by atoms with Gasteiger partial charge >= 0.3 is 0 Å². The van der Waals surface area contributed by atoms with Crippen molar-refractivity contribution in [1.29, 1.82) is 0 Å². The lowest BCUT2D eigenvalue weighted by Crippen LogP contribution is -2.54. The Morgan fingerprint density at radius 2 is 1.80 bits per heavy atom. The van der Waals surface area contributed by atoms with Gasteiger partial charge < -0.3 is 31.4 Å². The van der Waals surface area contributed by atoms with E-state index in [2.05, 4.69) is 66.1 Å². The molecule has 3 aliphatic rings. The van der Waals surface area contributed by atoms with Crippen molar-refractivity contribution in [3.05, 3.63) is 95.4 Å². The van der Waals surface area contributed by atoms with Crippen LogP contribution in [0, 0.1) is 29.1 Å². The van der Waals surface area contributed by atoms with Gasteiger partial charge in [0.2, 0.25) is 11.8 Å². The van der Waals surface area contributed by atoms with Crippen molar-refractivity contribution in [2.75, 3.05) is 5.32 Å². The van der Waals surface area contributed by atoms with Crippen molar-refractivity contribution in [2.45, 2.75) is 97.9 Å². The van der Waals surface area contributed by atoms with E-state index in [0.29, 0.717) is 18.5 Å². The normalized spacial score (nSPS) is 28.5. The fourth-order valence-electron chi connectivity index (χ4n) is 8.90. The first-order valence-electron chi connectivity index (χ1n) is 19.4. The number of ketones is 1. The SMILES string of the molecule is CCC(C)C1NC(=O)C23C(=O)CC(Nc4ccccc4C(=O)NC(C)C(=O)NC=Cc4c[nH]c5ccccc45)C(O)CCCC(C)=CC2C=C(C)C(C)C13. The van der Waals surface area contributed by atoms with E-state index in [1.807, 2.05) is 37.4 Å². The fraction of sp³-hybridized carbons (Fsp3) is 0.455. The van der Waals surface area contributed by atoms with Gasteiger partial charge in [-0.05, 0) is 76.1 Å². The third kappa shape index (κ3) is 7.40. The molecule has 1 saturated heterocycles. The first-order valence-corrected chi connectivity index (χ1v) is 19.4. The van der Waals surface area contributed by atoms with Crippen LogP contribution < -0.4 is 21.3 Å². The summed E-state index contributed by atoms with van der Waals surface area (Å²) in [6.45, 7) is 12.1. The van der Waals surface area contributed by atoms with Crippen LogP contribution in [0.4, 0.5) is 5.69 Å². The van der Waals surface area contributed by atoms with Gasteiger partial charge in [-0.15, -0.1) is 0 Å². The Bertz CT molecular complexity index is 1990. The number of aromatic amines is 1. The molecule has 2 aromatic carbocycles. The monoisotopic (exact) mass is 733 g/mol. The first-order chi connectivity index (χ1) is 25.9. The van der Waals surface area contributed by atoms with Crippen LogP contribution in [0.15, 0.2) is 84.2 Å². The first kappa shape index (κ1) is 38.8. The summed E-state index contributed by atoms with van der Waals surface area (Å²) in [5, 5.41) is 24.9. The van der Waals surface area contributed by atoms with E-state index in [9.17, 15) is 19.5 Å². The minimum absolute atomic E-state index is 0.00550. The number of amides is 3. The molecular formula is C44H55N5O5. The van der Waals surface area contributed by atoms with Crippen molar-refractivity contribution in [1.82, 2.24) is 20.9 Å². The molecule has 1 aliphatic heterocycles. The van der Waals surface area contributed by atoms with Crippen molar-refractivity contribution in [3.63, 3.8) is 0 Å². The number of para-hydroxylation sites is 2. The van der Waals surface area contributed by atoms with E-state index >= 15 is 4.79 Å². The van der Waals surface area contributed by atoms with Gasteiger partial charge in [-0.25, -0.2) is 0 Å². The molecule has 286 valence electrons. The minimum atomic E-state index is -1.32. The van der Waals surface area contributed by atoms with E-state index in [1.54, 1.807) is 43.5 Å². The summed E-state index contributed by atoms with van der Waals surface area (Å²) in [5.74, 6) is -1.77. The average Bonchev–Trinajstić information content (AvgIpc) is 3.71. The van der Waals surface area contributed by atoms with Gasteiger partial charge in [0.15, 0.2) is 5.78 Å². The summed E-state index contributed by atoms with van der Waals surface area (Å²) in [5.41, 5.74) is 3.56. The van der Waals surface area contributed by atoms with Crippen LogP contribution >= 0.6 is 0 Å². The maximum atomic E-state index is 15.0. The lowest BCUT2D eigenvalue weighted by Gasteiger charge is -2.46. The molecule has 3 aromatic rings. The number of nitrogens with one attached hydrogen (secondary N) is 5. The Morgan fingerprint density at radius 3 is 2.57 bits per heavy atom. The third-order valence-electron chi connectivity index (χ3n) is 12.3. The summed E-state index contributed by atoms with van der Waals surface area (Å²) >= 11 is 0. The number of rotatable bonds is 9. The second-order valence-corrected chi connectivity index (χ2v) is 15.7. The van der Waals surface area contributed by atoms with Crippen LogP contribution in [0.1, 0.15) is 89.6 Å².